The number of esters is 1. The Morgan fingerprint density at radius 2 is 1.27 bits per heavy atom. The number of ether oxygens (including phenoxy) is 1. The SMILES string of the molecule is CC(C)OC(=O)C[C@@H](c1ccccc1)N(Cc1ccccc1)[C@H](C)c1ccccc1. The van der Waals surface area contributed by atoms with Gasteiger partial charge in [-0.3, -0.25) is 9.69 Å². The zero-order valence-corrected chi connectivity index (χ0v) is 18.1. The van der Waals surface area contributed by atoms with Crippen LogP contribution < -0.4 is 0 Å². The average molecular weight is 402 g/mol. The van der Waals surface area contributed by atoms with E-state index in [1.807, 2.05) is 44.2 Å². The summed E-state index contributed by atoms with van der Waals surface area (Å²) in [5.74, 6) is -0.169. The van der Waals surface area contributed by atoms with E-state index < -0.39 is 0 Å². The molecular formula is C27H31NO2. The highest BCUT2D eigenvalue weighted by Crippen LogP contribution is 2.34. The monoisotopic (exact) mass is 401 g/mol. The van der Waals surface area contributed by atoms with E-state index >= 15 is 0 Å². The van der Waals surface area contributed by atoms with Gasteiger partial charge in [-0.2, -0.15) is 0 Å². The van der Waals surface area contributed by atoms with Crippen molar-refractivity contribution in [1.82, 2.24) is 4.90 Å². The maximum absolute atomic E-state index is 12.7. The summed E-state index contributed by atoms with van der Waals surface area (Å²) in [5, 5.41) is 0. The summed E-state index contributed by atoms with van der Waals surface area (Å²) in [4.78, 5) is 15.1. The third-order valence-electron chi connectivity index (χ3n) is 5.30. The fraction of sp³-hybridized carbons (Fsp3) is 0.296. The van der Waals surface area contributed by atoms with Crippen molar-refractivity contribution in [1.29, 1.82) is 0 Å². The predicted molar refractivity (Wildman–Crippen MR) is 122 cm³/mol. The maximum Gasteiger partial charge on any atom is 0.307 e. The molecule has 0 unspecified atom stereocenters. The van der Waals surface area contributed by atoms with Crippen LogP contribution in [-0.4, -0.2) is 17.0 Å². The van der Waals surface area contributed by atoms with Crippen molar-refractivity contribution in [2.45, 2.75) is 51.9 Å². The van der Waals surface area contributed by atoms with Crippen LogP contribution in [0, 0.1) is 0 Å². The highest BCUT2D eigenvalue weighted by atomic mass is 16.5. The topological polar surface area (TPSA) is 29.5 Å². The quantitative estimate of drug-likeness (QED) is 0.392. The summed E-state index contributed by atoms with van der Waals surface area (Å²) in [7, 11) is 0. The van der Waals surface area contributed by atoms with Gasteiger partial charge in [0.25, 0.3) is 0 Å². The molecule has 0 saturated heterocycles. The smallest absolute Gasteiger partial charge is 0.307 e. The van der Waals surface area contributed by atoms with Crippen LogP contribution in [0.4, 0.5) is 0 Å². The Hall–Kier alpha value is -2.91. The molecule has 3 rings (SSSR count). The zero-order valence-electron chi connectivity index (χ0n) is 18.1. The first-order chi connectivity index (χ1) is 14.5. The van der Waals surface area contributed by atoms with Crippen LogP contribution in [0.5, 0.6) is 0 Å². The molecule has 3 aromatic carbocycles. The van der Waals surface area contributed by atoms with E-state index in [-0.39, 0.29) is 24.2 Å². The maximum atomic E-state index is 12.7. The largest absolute Gasteiger partial charge is 0.463 e. The summed E-state index contributed by atoms with van der Waals surface area (Å²) in [6.07, 6.45) is 0.190. The second kappa shape index (κ2) is 10.7. The molecule has 3 nitrogen and oxygen atoms in total. The Morgan fingerprint density at radius 1 is 0.767 bits per heavy atom. The summed E-state index contributed by atoms with van der Waals surface area (Å²) in [6.45, 7) is 6.74. The van der Waals surface area contributed by atoms with Crippen molar-refractivity contribution < 1.29 is 9.53 Å². The summed E-state index contributed by atoms with van der Waals surface area (Å²) in [5.41, 5.74) is 3.57. The lowest BCUT2D eigenvalue weighted by atomic mass is 9.96. The summed E-state index contributed by atoms with van der Waals surface area (Å²) in [6, 6.07) is 31.2. The molecule has 0 N–H and O–H groups in total. The molecule has 0 fully saturated rings. The average Bonchev–Trinajstić information content (AvgIpc) is 2.77. The molecule has 156 valence electrons. The number of benzene rings is 3. The van der Waals surface area contributed by atoms with Gasteiger partial charge in [0.1, 0.15) is 0 Å². The number of carbonyl (C=O) groups excluding carboxylic acids is 1. The highest BCUT2D eigenvalue weighted by molar-refractivity contribution is 5.70. The third-order valence-corrected chi connectivity index (χ3v) is 5.30. The molecule has 0 aromatic heterocycles. The molecule has 0 amide bonds. The normalized spacial score (nSPS) is 13.2. The van der Waals surface area contributed by atoms with Crippen molar-refractivity contribution in [3.05, 3.63) is 108 Å². The Balaban J connectivity index is 1.99. The van der Waals surface area contributed by atoms with Crippen molar-refractivity contribution in [2.75, 3.05) is 0 Å². The van der Waals surface area contributed by atoms with Gasteiger partial charge in [0, 0.05) is 18.6 Å². The van der Waals surface area contributed by atoms with Gasteiger partial charge in [-0.15, -0.1) is 0 Å². The molecule has 0 saturated carbocycles. The minimum Gasteiger partial charge on any atom is -0.463 e. The molecule has 0 spiro atoms. The van der Waals surface area contributed by atoms with Gasteiger partial charge in [0.05, 0.1) is 12.5 Å². The lowest BCUT2D eigenvalue weighted by Crippen LogP contribution is -2.33. The second-order valence-electron chi connectivity index (χ2n) is 7.91. The Labute approximate surface area is 180 Å². The zero-order chi connectivity index (χ0) is 21.3. The van der Waals surface area contributed by atoms with E-state index in [2.05, 4.69) is 72.5 Å². The Bertz CT molecular complexity index is 894. The minimum absolute atomic E-state index is 0.0899. The van der Waals surface area contributed by atoms with Gasteiger partial charge in [0.2, 0.25) is 0 Å². The van der Waals surface area contributed by atoms with E-state index in [0.29, 0.717) is 6.42 Å². The van der Waals surface area contributed by atoms with Crippen LogP contribution in [-0.2, 0) is 16.1 Å². The second-order valence-corrected chi connectivity index (χ2v) is 7.91. The van der Waals surface area contributed by atoms with Gasteiger partial charge in [-0.1, -0.05) is 91.0 Å². The fourth-order valence-corrected chi connectivity index (χ4v) is 3.80. The van der Waals surface area contributed by atoms with Crippen molar-refractivity contribution >= 4 is 5.97 Å². The first-order valence-corrected chi connectivity index (χ1v) is 10.6. The van der Waals surface area contributed by atoms with E-state index in [0.717, 1.165) is 12.1 Å². The molecule has 2 atom stereocenters. The Kier molecular flexibility index (Phi) is 7.81. The van der Waals surface area contributed by atoms with Gasteiger partial charge >= 0.3 is 5.97 Å². The molecule has 0 heterocycles. The van der Waals surface area contributed by atoms with E-state index in [9.17, 15) is 4.79 Å². The Morgan fingerprint density at radius 3 is 1.80 bits per heavy atom. The molecule has 0 aliphatic heterocycles. The van der Waals surface area contributed by atoms with E-state index in [4.69, 9.17) is 4.74 Å². The van der Waals surface area contributed by atoms with Gasteiger partial charge in [-0.25, -0.2) is 0 Å². The molecule has 0 bridgehead atoms. The number of hydrogen-bond acceptors (Lipinski definition) is 3. The minimum atomic E-state index is -0.169. The predicted octanol–water partition coefficient (Wildman–Crippen LogP) is 6.33. The first-order valence-electron chi connectivity index (χ1n) is 10.6. The number of nitrogens with zero attached hydrogens (tertiary/aromatic N) is 1. The molecule has 30 heavy (non-hydrogen) atoms. The van der Waals surface area contributed by atoms with Crippen molar-refractivity contribution in [2.24, 2.45) is 0 Å². The number of rotatable bonds is 9. The van der Waals surface area contributed by atoms with Crippen LogP contribution in [0.15, 0.2) is 91.0 Å². The van der Waals surface area contributed by atoms with Crippen LogP contribution in [0.2, 0.25) is 0 Å². The lowest BCUT2D eigenvalue weighted by Gasteiger charge is -2.37. The molecule has 0 aliphatic carbocycles. The van der Waals surface area contributed by atoms with E-state index in [1.165, 1.54) is 11.1 Å². The van der Waals surface area contributed by atoms with Crippen LogP contribution in [0.1, 0.15) is 56.0 Å². The van der Waals surface area contributed by atoms with Gasteiger partial charge in [0.15, 0.2) is 0 Å². The van der Waals surface area contributed by atoms with Crippen molar-refractivity contribution in [3.8, 4) is 0 Å². The standard InChI is InChI=1S/C27H31NO2/c1-21(2)30-27(29)19-26(25-17-11-6-12-18-25)28(20-23-13-7-4-8-14-23)22(3)24-15-9-5-10-16-24/h4-18,21-22,26H,19-20H2,1-3H3/t22-,26+/m1/s1. The number of carbonyl (C=O) groups is 1. The highest BCUT2D eigenvalue weighted by Gasteiger charge is 2.29. The summed E-state index contributed by atoms with van der Waals surface area (Å²) >= 11 is 0. The van der Waals surface area contributed by atoms with Gasteiger partial charge in [-0.05, 0) is 37.5 Å². The first kappa shape index (κ1) is 21.8. The fourth-order valence-electron chi connectivity index (χ4n) is 3.80. The molecule has 0 radical (unpaired) electrons. The summed E-state index contributed by atoms with van der Waals surface area (Å²) < 4.78 is 5.52. The molecular weight excluding hydrogens is 370 g/mol. The van der Waals surface area contributed by atoms with Gasteiger partial charge < -0.3 is 4.74 Å². The van der Waals surface area contributed by atoms with Crippen molar-refractivity contribution in [3.63, 3.8) is 0 Å². The van der Waals surface area contributed by atoms with Crippen LogP contribution in [0.25, 0.3) is 0 Å². The van der Waals surface area contributed by atoms with E-state index in [1.54, 1.807) is 0 Å². The molecule has 0 aliphatic rings. The molecule has 3 aromatic rings. The lowest BCUT2D eigenvalue weighted by molar-refractivity contribution is -0.149. The van der Waals surface area contributed by atoms with Crippen LogP contribution in [0.3, 0.4) is 0 Å². The molecule has 3 heteroatoms. The number of hydrogen-bond donors (Lipinski definition) is 0. The van der Waals surface area contributed by atoms with Crippen LogP contribution >= 0.6 is 0 Å². The third kappa shape index (κ3) is 6.04.